The number of aromatic hydroxyl groups is 1. The number of benzene rings is 2. The van der Waals surface area contributed by atoms with E-state index >= 15 is 0 Å². The van der Waals surface area contributed by atoms with Crippen LogP contribution in [0.4, 0.5) is 4.39 Å². The Morgan fingerprint density at radius 1 is 1.11 bits per heavy atom. The van der Waals surface area contributed by atoms with Crippen LogP contribution in [-0.2, 0) is 6.61 Å². The minimum absolute atomic E-state index is 0.143. The number of phenolic OH excluding ortho intramolecular Hbond substituents is 1. The zero-order valence-electron chi connectivity index (χ0n) is 9.97. The second kappa shape index (κ2) is 4.65. The first-order valence-electron chi connectivity index (χ1n) is 5.80. The second-order valence-electron chi connectivity index (χ2n) is 4.18. The van der Waals surface area contributed by atoms with Crippen LogP contribution in [0.15, 0.2) is 52.9 Å². The van der Waals surface area contributed by atoms with Gasteiger partial charge >= 0.3 is 0 Å². The van der Waals surface area contributed by atoms with E-state index in [1.54, 1.807) is 30.3 Å². The zero-order valence-corrected chi connectivity index (χ0v) is 9.97. The van der Waals surface area contributed by atoms with Gasteiger partial charge in [0.05, 0.1) is 0 Å². The normalized spacial score (nSPS) is 10.8. The van der Waals surface area contributed by atoms with Gasteiger partial charge in [0.2, 0.25) is 0 Å². The van der Waals surface area contributed by atoms with E-state index in [1.807, 2.05) is 0 Å². The van der Waals surface area contributed by atoms with Gasteiger partial charge in [0.15, 0.2) is 0 Å². The molecule has 0 fully saturated rings. The zero-order chi connectivity index (χ0) is 13.2. The van der Waals surface area contributed by atoms with Crippen LogP contribution in [0.25, 0.3) is 11.0 Å². The van der Waals surface area contributed by atoms with E-state index in [0.29, 0.717) is 22.5 Å². The van der Waals surface area contributed by atoms with E-state index in [4.69, 9.17) is 9.15 Å². The third-order valence-electron chi connectivity index (χ3n) is 2.73. The molecule has 0 spiro atoms. The molecule has 0 amide bonds. The molecule has 0 aliphatic carbocycles. The molecule has 3 aromatic rings. The molecule has 0 aliphatic rings. The van der Waals surface area contributed by atoms with E-state index in [1.165, 1.54) is 18.2 Å². The van der Waals surface area contributed by atoms with E-state index in [2.05, 4.69) is 0 Å². The molecule has 1 N–H and O–H groups in total. The van der Waals surface area contributed by atoms with Crippen LogP contribution in [-0.4, -0.2) is 5.11 Å². The lowest BCUT2D eigenvalue weighted by Crippen LogP contribution is -1.92. The smallest absolute Gasteiger partial charge is 0.146 e. The molecule has 2 aromatic carbocycles. The van der Waals surface area contributed by atoms with Crippen molar-refractivity contribution in [2.24, 2.45) is 0 Å². The Hall–Kier alpha value is -2.49. The summed E-state index contributed by atoms with van der Waals surface area (Å²) in [7, 11) is 0. The molecule has 1 heterocycles. The number of rotatable bonds is 3. The maximum atomic E-state index is 13.0. The van der Waals surface area contributed by atoms with Gasteiger partial charge in [-0.15, -0.1) is 0 Å². The largest absolute Gasteiger partial charge is 0.508 e. The van der Waals surface area contributed by atoms with Crippen molar-refractivity contribution in [3.05, 3.63) is 60.1 Å². The molecule has 0 atom stereocenters. The highest BCUT2D eigenvalue weighted by atomic mass is 19.1. The Labute approximate surface area is 108 Å². The molecule has 0 aliphatic heterocycles. The summed E-state index contributed by atoms with van der Waals surface area (Å²) in [6, 6.07) is 12.6. The molecule has 0 radical (unpaired) electrons. The molecule has 0 saturated carbocycles. The number of phenols is 1. The van der Waals surface area contributed by atoms with Crippen LogP contribution in [0.5, 0.6) is 11.5 Å². The van der Waals surface area contributed by atoms with E-state index in [0.717, 1.165) is 0 Å². The lowest BCUT2D eigenvalue weighted by Gasteiger charge is -2.03. The Kier molecular flexibility index (Phi) is 2.83. The molecule has 0 bridgehead atoms. The molecule has 0 saturated heterocycles. The van der Waals surface area contributed by atoms with Crippen molar-refractivity contribution in [1.82, 2.24) is 0 Å². The fourth-order valence-corrected chi connectivity index (χ4v) is 1.87. The first-order chi connectivity index (χ1) is 9.20. The van der Waals surface area contributed by atoms with Crippen molar-refractivity contribution in [3.8, 4) is 11.5 Å². The van der Waals surface area contributed by atoms with Gasteiger partial charge in [0.25, 0.3) is 0 Å². The van der Waals surface area contributed by atoms with Gasteiger partial charge in [-0.2, -0.15) is 0 Å². The number of fused-ring (bicyclic) bond motifs is 1. The van der Waals surface area contributed by atoms with E-state index in [-0.39, 0.29) is 18.2 Å². The first kappa shape index (κ1) is 11.6. The molecular formula is C15H11FO3. The molecule has 1 aromatic heterocycles. The average molecular weight is 258 g/mol. The van der Waals surface area contributed by atoms with Gasteiger partial charge in [0.1, 0.15) is 35.3 Å². The van der Waals surface area contributed by atoms with Gasteiger partial charge < -0.3 is 14.3 Å². The predicted octanol–water partition coefficient (Wildman–Crippen LogP) is 3.86. The molecule has 3 nitrogen and oxygen atoms in total. The minimum atomic E-state index is -0.297. The van der Waals surface area contributed by atoms with Crippen molar-refractivity contribution in [1.29, 1.82) is 0 Å². The van der Waals surface area contributed by atoms with Gasteiger partial charge in [0, 0.05) is 11.5 Å². The van der Waals surface area contributed by atoms with Crippen LogP contribution < -0.4 is 4.74 Å². The summed E-state index contributed by atoms with van der Waals surface area (Å²) < 4.78 is 24.0. The Balaban J connectivity index is 1.78. The van der Waals surface area contributed by atoms with E-state index < -0.39 is 0 Å². The molecule has 19 heavy (non-hydrogen) atoms. The number of furan rings is 1. The van der Waals surface area contributed by atoms with Crippen LogP contribution in [0, 0.1) is 5.82 Å². The quantitative estimate of drug-likeness (QED) is 0.775. The van der Waals surface area contributed by atoms with Crippen LogP contribution in [0.2, 0.25) is 0 Å². The summed E-state index contributed by atoms with van der Waals surface area (Å²) in [5, 5.41) is 10.0. The fraction of sp³-hybridized carbons (Fsp3) is 0.0667. The van der Waals surface area contributed by atoms with Gasteiger partial charge in [-0.1, -0.05) is 6.07 Å². The summed E-state index contributed by atoms with van der Waals surface area (Å²) in [6.07, 6.45) is 0. The summed E-state index contributed by atoms with van der Waals surface area (Å²) in [6.45, 7) is 0.222. The van der Waals surface area contributed by atoms with Gasteiger partial charge in [-0.05, 0) is 36.4 Å². The highest BCUT2D eigenvalue weighted by molar-refractivity contribution is 5.77. The topological polar surface area (TPSA) is 42.6 Å². The highest BCUT2D eigenvalue weighted by Crippen LogP contribution is 2.23. The van der Waals surface area contributed by atoms with Crippen molar-refractivity contribution in [2.45, 2.75) is 6.61 Å². The molecule has 96 valence electrons. The number of hydrogen-bond acceptors (Lipinski definition) is 3. The maximum absolute atomic E-state index is 13.0. The average Bonchev–Trinajstić information content (AvgIpc) is 2.78. The van der Waals surface area contributed by atoms with Crippen LogP contribution >= 0.6 is 0 Å². The minimum Gasteiger partial charge on any atom is -0.508 e. The number of halogens is 1. The van der Waals surface area contributed by atoms with Gasteiger partial charge in [-0.25, -0.2) is 4.39 Å². The molecule has 4 heteroatoms. The lowest BCUT2D eigenvalue weighted by atomic mass is 10.2. The maximum Gasteiger partial charge on any atom is 0.146 e. The SMILES string of the molecule is Oc1cccc(OCc2cc3cc(F)ccc3o2)c1. The van der Waals surface area contributed by atoms with Crippen LogP contribution in [0.1, 0.15) is 5.76 Å². The standard InChI is InChI=1S/C15H11FO3/c16-11-4-5-15-10(6-11)7-14(19-15)9-18-13-3-1-2-12(17)8-13/h1-8,17H,9H2. The summed E-state index contributed by atoms with van der Waals surface area (Å²) in [5.41, 5.74) is 0.621. The third kappa shape index (κ3) is 2.52. The number of hydrogen-bond donors (Lipinski definition) is 1. The molecule has 0 unspecified atom stereocenters. The van der Waals surface area contributed by atoms with Crippen molar-refractivity contribution >= 4 is 11.0 Å². The van der Waals surface area contributed by atoms with Crippen molar-refractivity contribution < 1.29 is 18.7 Å². The molecular weight excluding hydrogens is 247 g/mol. The lowest BCUT2D eigenvalue weighted by molar-refractivity contribution is 0.273. The van der Waals surface area contributed by atoms with Crippen LogP contribution in [0.3, 0.4) is 0 Å². The van der Waals surface area contributed by atoms with Crippen molar-refractivity contribution in [2.75, 3.05) is 0 Å². The Morgan fingerprint density at radius 3 is 2.84 bits per heavy atom. The summed E-state index contributed by atoms with van der Waals surface area (Å²) >= 11 is 0. The van der Waals surface area contributed by atoms with Crippen molar-refractivity contribution in [3.63, 3.8) is 0 Å². The summed E-state index contributed by atoms with van der Waals surface area (Å²) in [5.74, 6) is 0.994. The Bertz CT molecular complexity index is 718. The highest BCUT2D eigenvalue weighted by Gasteiger charge is 2.05. The molecule has 3 rings (SSSR count). The second-order valence-corrected chi connectivity index (χ2v) is 4.18. The third-order valence-corrected chi connectivity index (χ3v) is 2.73. The van der Waals surface area contributed by atoms with Gasteiger partial charge in [-0.3, -0.25) is 0 Å². The Morgan fingerprint density at radius 2 is 2.00 bits per heavy atom. The fourth-order valence-electron chi connectivity index (χ4n) is 1.87. The predicted molar refractivity (Wildman–Crippen MR) is 68.6 cm³/mol. The summed E-state index contributed by atoms with van der Waals surface area (Å²) in [4.78, 5) is 0. The first-order valence-corrected chi connectivity index (χ1v) is 5.80. The van der Waals surface area contributed by atoms with E-state index in [9.17, 15) is 9.50 Å². The number of ether oxygens (including phenoxy) is 1. The monoisotopic (exact) mass is 258 g/mol.